The molecular weight excluding hydrogens is 98.1 g/mol. The molecule has 1 atom stereocenters. The van der Waals surface area contributed by atoms with Gasteiger partial charge in [-0.1, -0.05) is 12.8 Å². The molecule has 1 aliphatic carbocycles. The standard InChI is InChI=1S/C7H10N/c8-6-7-4-2-1-3-5-7/h4,7H,1-3,5H2/t7-/m0/s1. The van der Waals surface area contributed by atoms with E-state index in [0.717, 1.165) is 12.8 Å². The first-order valence-electron chi connectivity index (χ1n) is 3.16. The molecule has 1 nitrogen and oxygen atoms in total. The van der Waals surface area contributed by atoms with Crippen LogP contribution in [0.2, 0.25) is 0 Å². The minimum atomic E-state index is 0.267. The average Bonchev–Trinajstić information content (AvgIpc) is 1.90. The van der Waals surface area contributed by atoms with Crippen LogP contribution in [0.3, 0.4) is 0 Å². The lowest BCUT2D eigenvalue weighted by molar-refractivity contribution is 0.520. The molecule has 43 valence electrons. The normalized spacial score (nSPS) is 22.4. The van der Waals surface area contributed by atoms with Gasteiger partial charge in [-0.05, 0) is 19.3 Å². The summed E-state index contributed by atoms with van der Waals surface area (Å²) in [4.78, 5) is 0. The summed E-state index contributed by atoms with van der Waals surface area (Å²) < 4.78 is 0. The molecule has 0 saturated heterocycles. The highest BCUT2D eigenvalue weighted by Gasteiger charge is 2.11. The van der Waals surface area contributed by atoms with Gasteiger partial charge in [-0.3, -0.25) is 0 Å². The second kappa shape index (κ2) is 2.71. The van der Waals surface area contributed by atoms with Gasteiger partial charge in [0.15, 0.2) is 0 Å². The van der Waals surface area contributed by atoms with Crippen molar-refractivity contribution in [2.24, 2.45) is 5.92 Å². The molecule has 0 aromatic heterocycles. The molecule has 0 N–H and O–H groups in total. The molecule has 0 bridgehead atoms. The van der Waals surface area contributed by atoms with Gasteiger partial charge in [0, 0.05) is 5.92 Å². The van der Waals surface area contributed by atoms with Crippen LogP contribution in [0.25, 0.3) is 0 Å². The zero-order valence-corrected chi connectivity index (χ0v) is 4.93. The highest BCUT2D eigenvalue weighted by molar-refractivity contribution is 4.95. The van der Waals surface area contributed by atoms with Crippen LogP contribution < -0.4 is 0 Å². The molecule has 1 saturated carbocycles. The number of hydrogen-bond donors (Lipinski definition) is 0. The minimum Gasteiger partial charge on any atom is -0.198 e. The summed E-state index contributed by atoms with van der Waals surface area (Å²) in [7, 11) is 0. The first-order valence-corrected chi connectivity index (χ1v) is 3.16. The van der Waals surface area contributed by atoms with Crippen molar-refractivity contribution < 1.29 is 0 Å². The Balaban J connectivity index is 2.25. The first kappa shape index (κ1) is 5.62. The first-order chi connectivity index (χ1) is 3.93. The van der Waals surface area contributed by atoms with Gasteiger partial charge in [-0.2, -0.15) is 5.26 Å². The molecule has 0 amide bonds. The maximum absolute atomic E-state index is 8.41. The predicted octanol–water partition coefficient (Wildman–Crippen LogP) is 1.90. The van der Waals surface area contributed by atoms with E-state index in [2.05, 4.69) is 12.5 Å². The molecule has 1 rings (SSSR count). The molecule has 1 fully saturated rings. The van der Waals surface area contributed by atoms with Crippen LogP contribution >= 0.6 is 0 Å². The Morgan fingerprint density at radius 1 is 1.50 bits per heavy atom. The van der Waals surface area contributed by atoms with Crippen molar-refractivity contribution in [3.8, 4) is 6.07 Å². The summed E-state index contributed by atoms with van der Waals surface area (Å²) in [5, 5.41) is 8.41. The molecule has 0 unspecified atom stereocenters. The van der Waals surface area contributed by atoms with Gasteiger partial charge >= 0.3 is 0 Å². The van der Waals surface area contributed by atoms with Crippen LogP contribution in [-0.2, 0) is 0 Å². The highest BCUT2D eigenvalue weighted by atomic mass is 14.3. The Morgan fingerprint density at radius 2 is 2.38 bits per heavy atom. The third-order valence-electron chi connectivity index (χ3n) is 1.59. The topological polar surface area (TPSA) is 23.8 Å². The lowest BCUT2D eigenvalue weighted by atomic mass is 9.91. The maximum Gasteiger partial charge on any atom is 0.0658 e. The van der Waals surface area contributed by atoms with E-state index in [1.165, 1.54) is 12.8 Å². The SMILES string of the molecule is N#C[C@H]1[CH]CCCC1. The molecule has 1 heteroatoms. The molecule has 8 heavy (non-hydrogen) atoms. The van der Waals surface area contributed by atoms with E-state index in [0.29, 0.717) is 0 Å². The van der Waals surface area contributed by atoms with Gasteiger partial charge < -0.3 is 0 Å². The molecule has 0 spiro atoms. The zero-order chi connectivity index (χ0) is 5.82. The lowest BCUT2D eigenvalue weighted by Crippen LogP contribution is -2.03. The summed E-state index contributed by atoms with van der Waals surface area (Å²) in [5.74, 6) is 0.267. The van der Waals surface area contributed by atoms with E-state index in [1.54, 1.807) is 0 Å². The van der Waals surface area contributed by atoms with Gasteiger partial charge in [0.25, 0.3) is 0 Å². The van der Waals surface area contributed by atoms with Gasteiger partial charge in [-0.25, -0.2) is 0 Å². The van der Waals surface area contributed by atoms with E-state index < -0.39 is 0 Å². The number of nitrogens with zero attached hydrogens (tertiary/aromatic N) is 1. The lowest BCUT2D eigenvalue weighted by Gasteiger charge is -2.12. The van der Waals surface area contributed by atoms with Crippen LogP contribution in [0, 0.1) is 23.7 Å². The van der Waals surface area contributed by atoms with Crippen molar-refractivity contribution in [2.45, 2.75) is 25.7 Å². The van der Waals surface area contributed by atoms with Crippen LogP contribution in [0.15, 0.2) is 0 Å². The van der Waals surface area contributed by atoms with Crippen molar-refractivity contribution in [2.75, 3.05) is 0 Å². The number of rotatable bonds is 0. The van der Waals surface area contributed by atoms with E-state index in [9.17, 15) is 0 Å². The zero-order valence-electron chi connectivity index (χ0n) is 4.93. The van der Waals surface area contributed by atoms with E-state index in [4.69, 9.17) is 5.26 Å². The Labute approximate surface area is 50.3 Å². The van der Waals surface area contributed by atoms with Crippen molar-refractivity contribution in [1.82, 2.24) is 0 Å². The summed E-state index contributed by atoms with van der Waals surface area (Å²) in [6, 6.07) is 2.25. The average molecular weight is 108 g/mol. The van der Waals surface area contributed by atoms with Crippen molar-refractivity contribution in [3.63, 3.8) is 0 Å². The summed E-state index contributed by atoms with van der Waals surface area (Å²) in [6.45, 7) is 0. The Morgan fingerprint density at radius 3 is 2.75 bits per heavy atom. The number of nitriles is 1. The molecule has 0 aromatic rings. The fraction of sp³-hybridized carbons (Fsp3) is 0.714. The quantitative estimate of drug-likeness (QED) is 0.465. The Hall–Kier alpha value is -0.510. The van der Waals surface area contributed by atoms with Gasteiger partial charge in [-0.15, -0.1) is 0 Å². The smallest absolute Gasteiger partial charge is 0.0658 e. The molecule has 1 radical (unpaired) electrons. The van der Waals surface area contributed by atoms with Crippen LogP contribution in [0.4, 0.5) is 0 Å². The molecule has 0 aromatic carbocycles. The van der Waals surface area contributed by atoms with Gasteiger partial charge in [0.2, 0.25) is 0 Å². The fourth-order valence-electron chi connectivity index (χ4n) is 1.06. The van der Waals surface area contributed by atoms with E-state index >= 15 is 0 Å². The van der Waals surface area contributed by atoms with Crippen LogP contribution in [0.1, 0.15) is 25.7 Å². The highest BCUT2D eigenvalue weighted by Crippen LogP contribution is 2.21. The van der Waals surface area contributed by atoms with E-state index in [1.807, 2.05) is 0 Å². The second-order valence-corrected chi connectivity index (χ2v) is 2.26. The summed E-state index contributed by atoms with van der Waals surface area (Å²) >= 11 is 0. The summed E-state index contributed by atoms with van der Waals surface area (Å²) in [6.07, 6.45) is 6.91. The van der Waals surface area contributed by atoms with Gasteiger partial charge in [0.1, 0.15) is 0 Å². The Kier molecular flexibility index (Phi) is 1.91. The monoisotopic (exact) mass is 108 g/mol. The molecule has 0 heterocycles. The molecule has 1 aliphatic rings. The fourth-order valence-corrected chi connectivity index (χ4v) is 1.06. The van der Waals surface area contributed by atoms with Gasteiger partial charge in [0.05, 0.1) is 6.07 Å². The molecular formula is C7H10N. The second-order valence-electron chi connectivity index (χ2n) is 2.26. The predicted molar refractivity (Wildman–Crippen MR) is 31.9 cm³/mol. The van der Waals surface area contributed by atoms with Crippen LogP contribution in [0.5, 0.6) is 0 Å². The largest absolute Gasteiger partial charge is 0.198 e. The van der Waals surface area contributed by atoms with E-state index in [-0.39, 0.29) is 5.92 Å². The number of hydrogen-bond acceptors (Lipinski definition) is 1. The maximum atomic E-state index is 8.41. The van der Waals surface area contributed by atoms with Crippen molar-refractivity contribution in [1.29, 1.82) is 5.26 Å². The minimum absolute atomic E-state index is 0.267. The Bertz CT molecular complexity index is 95.4. The third-order valence-corrected chi connectivity index (χ3v) is 1.59. The van der Waals surface area contributed by atoms with Crippen LogP contribution in [-0.4, -0.2) is 0 Å². The third kappa shape index (κ3) is 1.23. The summed E-state index contributed by atoms with van der Waals surface area (Å²) in [5.41, 5.74) is 0. The van der Waals surface area contributed by atoms with Crippen molar-refractivity contribution >= 4 is 0 Å². The van der Waals surface area contributed by atoms with Crippen molar-refractivity contribution in [3.05, 3.63) is 6.42 Å². The molecule has 0 aliphatic heterocycles.